The fourth-order valence-corrected chi connectivity index (χ4v) is 7.23. The predicted molar refractivity (Wildman–Crippen MR) is 160 cm³/mol. The lowest BCUT2D eigenvalue weighted by Crippen LogP contribution is -2.39. The Morgan fingerprint density at radius 2 is 1.62 bits per heavy atom. The molecule has 202 valence electrons. The van der Waals surface area contributed by atoms with Crippen LogP contribution in [-0.2, 0) is 16.1 Å². The zero-order chi connectivity index (χ0) is 26.6. The predicted octanol–water partition coefficient (Wildman–Crippen LogP) is 7.03. The van der Waals surface area contributed by atoms with E-state index in [4.69, 9.17) is 4.99 Å². The van der Waals surface area contributed by atoms with Crippen LogP contribution in [-0.4, -0.2) is 38.5 Å². The van der Waals surface area contributed by atoms with Crippen LogP contribution in [0.2, 0.25) is 0 Å². The molecule has 2 aliphatic carbocycles. The van der Waals surface area contributed by atoms with Gasteiger partial charge in [0, 0.05) is 34.7 Å². The highest BCUT2D eigenvalue weighted by molar-refractivity contribution is 8.18. The third kappa shape index (κ3) is 5.83. The number of hydrogen-bond acceptors (Lipinski definition) is 4. The van der Waals surface area contributed by atoms with Crippen molar-refractivity contribution in [3.8, 4) is 0 Å². The summed E-state index contributed by atoms with van der Waals surface area (Å²) in [6.07, 6.45) is 15.3. The van der Waals surface area contributed by atoms with Gasteiger partial charge in [0.2, 0.25) is 5.91 Å². The highest BCUT2D eigenvalue weighted by Crippen LogP contribution is 2.39. The van der Waals surface area contributed by atoms with Crippen LogP contribution in [0.5, 0.6) is 0 Å². The summed E-state index contributed by atoms with van der Waals surface area (Å²) in [5, 5.41) is 5.01. The first-order valence-corrected chi connectivity index (χ1v) is 15.2. The molecule has 1 aliphatic heterocycles. The van der Waals surface area contributed by atoms with Gasteiger partial charge in [-0.25, -0.2) is 4.99 Å². The van der Waals surface area contributed by atoms with Gasteiger partial charge in [0.1, 0.15) is 6.54 Å². The summed E-state index contributed by atoms with van der Waals surface area (Å²) in [6, 6.07) is 18.5. The number of benzene rings is 2. The maximum Gasteiger partial charge on any atom is 0.267 e. The largest absolute Gasteiger partial charge is 0.352 e. The first-order valence-electron chi connectivity index (χ1n) is 14.4. The first kappa shape index (κ1) is 25.9. The van der Waals surface area contributed by atoms with Crippen molar-refractivity contribution in [1.29, 1.82) is 0 Å². The number of carbonyl (C=O) groups is 2. The van der Waals surface area contributed by atoms with Crippen molar-refractivity contribution in [2.75, 3.05) is 0 Å². The number of nitrogens with one attached hydrogen (secondary N) is 1. The molecule has 1 saturated heterocycles. The molecule has 2 saturated carbocycles. The molecule has 2 heterocycles. The summed E-state index contributed by atoms with van der Waals surface area (Å²) in [4.78, 5) is 34.4. The fraction of sp³-hybridized carbons (Fsp3) is 0.406. The number of nitrogens with zero attached hydrogens (tertiary/aromatic N) is 3. The van der Waals surface area contributed by atoms with Crippen molar-refractivity contribution in [1.82, 2.24) is 14.8 Å². The van der Waals surface area contributed by atoms with Crippen LogP contribution in [0.15, 0.2) is 70.7 Å². The number of aliphatic imine (C=N–C) groups is 1. The highest BCUT2D eigenvalue weighted by atomic mass is 32.2. The second kappa shape index (κ2) is 11.8. The van der Waals surface area contributed by atoms with Gasteiger partial charge in [-0.15, -0.1) is 0 Å². The van der Waals surface area contributed by atoms with Crippen LogP contribution in [0.4, 0.5) is 5.69 Å². The van der Waals surface area contributed by atoms with Crippen LogP contribution in [0.3, 0.4) is 0 Å². The molecule has 3 aromatic rings. The quantitative estimate of drug-likeness (QED) is 0.270. The lowest BCUT2D eigenvalue weighted by Gasteiger charge is -2.26. The lowest BCUT2D eigenvalue weighted by atomic mass is 10.1. The molecule has 0 atom stereocenters. The number of carbonyl (C=O) groups excluding carboxylic acids is 2. The monoisotopic (exact) mass is 540 g/mol. The number of amidine groups is 1. The van der Waals surface area contributed by atoms with Crippen molar-refractivity contribution in [2.45, 2.75) is 82.8 Å². The van der Waals surface area contributed by atoms with Crippen LogP contribution >= 0.6 is 11.8 Å². The normalized spacial score (nSPS) is 21.3. The Balaban J connectivity index is 1.32. The molecule has 0 radical (unpaired) electrons. The van der Waals surface area contributed by atoms with E-state index in [1.807, 2.05) is 70.3 Å². The molecule has 0 spiro atoms. The Kier molecular flexibility index (Phi) is 7.86. The zero-order valence-electron chi connectivity index (χ0n) is 22.4. The number of fused-ring (bicyclic) bond motifs is 1. The van der Waals surface area contributed by atoms with Gasteiger partial charge in [-0.05, 0) is 61.7 Å². The summed E-state index contributed by atoms with van der Waals surface area (Å²) in [5.74, 6) is 0.0855. The van der Waals surface area contributed by atoms with Crippen LogP contribution < -0.4 is 5.32 Å². The molecule has 6 rings (SSSR count). The Labute approximate surface area is 234 Å². The summed E-state index contributed by atoms with van der Waals surface area (Å²) in [7, 11) is 0. The van der Waals surface area contributed by atoms with E-state index in [0.717, 1.165) is 65.8 Å². The minimum atomic E-state index is 0.0392. The highest BCUT2D eigenvalue weighted by Gasteiger charge is 2.38. The van der Waals surface area contributed by atoms with Gasteiger partial charge in [-0.3, -0.25) is 14.5 Å². The van der Waals surface area contributed by atoms with Gasteiger partial charge in [0.15, 0.2) is 5.17 Å². The molecule has 0 unspecified atom stereocenters. The van der Waals surface area contributed by atoms with Crippen molar-refractivity contribution < 1.29 is 9.59 Å². The Morgan fingerprint density at radius 3 is 2.38 bits per heavy atom. The second-order valence-electron chi connectivity index (χ2n) is 10.9. The molecule has 7 heteroatoms. The Morgan fingerprint density at radius 1 is 0.923 bits per heavy atom. The van der Waals surface area contributed by atoms with Crippen molar-refractivity contribution >= 4 is 51.4 Å². The Hall–Kier alpha value is -3.32. The second-order valence-corrected chi connectivity index (χ2v) is 11.9. The molecule has 1 aromatic heterocycles. The van der Waals surface area contributed by atoms with E-state index in [0.29, 0.717) is 10.9 Å². The molecular formula is C32H36N4O2S. The smallest absolute Gasteiger partial charge is 0.267 e. The summed E-state index contributed by atoms with van der Waals surface area (Å²) < 4.78 is 2.01. The average molecular weight is 541 g/mol. The van der Waals surface area contributed by atoms with E-state index >= 15 is 0 Å². The number of aromatic nitrogens is 1. The van der Waals surface area contributed by atoms with Crippen molar-refractivity contribution in [3.63, 3.8) is 0 Å². The average Bonchev–Trinajstić information content (AvgIpc) is 3.58. The fourth-order valence-electron chi connectivity index (χ4n) is 6.18. The van der Waals surface area contributed by atoms with Crippen LogP contribution in [0.25, 0.3) is 17.0 Å². The van der Waals surface area contributed by atoms with E-state index in [1.54, 1.807) is 0 Å². The standard InChI is InChI=1S/C32H36N4O2S/c37-30(33-24-14-8-9-15-24)22-35-21-23(27-18-10-11-19-28(27)35)20-29-31(38)36(26-16-6-1-2-7-17-26)32(39-29)34-25-12-4-3-5-13-25/h3-5,10-13,18-21,24,26H,1-2,6-9,14-17,22H2,(H,33,37). The maximum atomic E-state index is 13.9. The molecule has 1 N–H and O–H groups in total. The SMILES string of the molecule is O=C(Cn1cc(C=C2SC(=Nc3ccccc3)N(C3CCCCCC3)C2=O)c2ccccc21)NC1CCCC1. The van der Waals surface area contributed by atoms with E-state index < -0.39 is 0 Å². The van der Waals surface area contributed by atoms with E-state index in [9.17, 15) is 9.59 Å². The van der Waals surface area contributed by atoms with Crippen molar-refractivity contribution in [2.24, 2.45) is 4.99 Å². The Bertz CT molecular complexity index is 1400. The van der Waals surface area contributed by atoms with E-state index in [-0.39, 0.29) is 24.4 Å². The summed E-state index contributed by atoms with van der Waals surface area (Å²) in [5.41, 5.74) is 2.81. The number of para-hydroxylation sites is 2. The van der Waals surface area contributed by atoms with Gasteiger partial charge in [0.25, 0.3) is 5.91 Å². The van der Waals surface area contributed by atoms with Crippen molar-refractivity contribution in [3.05, 3.63) is 71.3 Å². The molecule has 2 amide bonds. The number of hydrogen-bond donors (Lipinski definition) is 1. The van der Waals surface area contributed by atoms with Gasteiger partial charge in [-0.2, -0.15) is 0 Å². The summed E-state index contributed by atoms with van der Waals surface area (Å²) >= 11 is 1.47. The number of amides is 2. The summed E-state index contributed by atoms with van der Waals surface area (Å²) in [6.45, 7) is 0.274. The molecule has 39 heavy (non-hydrogen) atoms. The van der Waals surface area contributed by atoms with Crippen LogP contribution in [0, 0.1) is 0 Å². The third-order valence-corrected chi connectivity index (χ3v) is 9.13. The maximum absolute atomic E-state index is 13.9. The van der Waals surface area contributed by atoms with E-state index in [1.165, 1.54) is 37.4 Å². The third-order valence-electron chi connectivity index (χ3n) is 8.15. The topological polar surface area (TPSA) is 66.7 Å². The zero-order valence-corrected chi connectivity index (χ0v) is 23.2. The number of rotatable bonds is 6. The minimum Gasteiger partial charge on any atom is -0.352 e. The van der Waals surface area contributed by atoms with Crippen LogP contribution in [0.1, 0.15) is 69.8 Å². The minimum absolute atomic E-state index is 0.0392. The van der Waals surface area contributed by atoms with E-state index in [2.05, 4.69) is 11.4 Å². The first-order chi connectivity index (χ1) is 19.2. The lowest BCUT2D eigenvalue weighted by molar-refractivity contribution is -0.124. The molecule has 3 aliphatic rings. The number of thioether (sulfide) groups is 1. The van der Waals surface area contributed by atoms with Gasteiger partial charge < -0.3 is 9.88 Å². The van der Waals surface area contributed by atoms with Gasteiger partial charge in [0.05, 0.1) is 10.6 Å². The molecular weight excluding hydrogens is 504 g/mol. The van der Waals surface area contributed by atoms with Gasteiger partial charge in [-0.1, -0.05) is 74.9 Å². The molecule has 3 fully saturated rings. The molecule has 0 bridgehead atoms. The molecule has 2 aromatic carbocycles. The van der Waals surface area contributed by atoms with Gasteiger partial charge >= 0.3 is 0 Å². The molecule has 6 nitrogen and oxygen atoms in total.